The molecule has 3 atom stereocenters. The smallest absolute Gasteiger partial charge is 0.127 e. The summed E-state index contributed by atoms with van der Waals surface area (Å²) in [6.07, 6.45) is 2.20. The molecule has 1 aliphatic carbocycles. The molecule has 21 heavy (non-hydrogen) atoms. The Morgan fingerprint density at radius 2 is 1.81 bits per heavy atom. The van der Waals surface area contributed by atoms with Gasteiger partial charge in [-0.05, 0) is 42.9 Å². The van der Waals surface area contributed by atoms with Crippen LogP contribution < -0.4 is 5.32 Å². The van der Waals surface area contributed by atoms with Crippen molar-refractivity contribution in [1.82, 2.24) is 5.32 Å². The minimum absolute atomic E-state index is 0.0928. The Labute approximate surface area is 126 Å². The van der Waals surface area contributed by atoms with Gasteiger partial charge in [0.05, 0.1) is 0 Å². The van der Waals surface area contributed by atoms with Crippen LogP contribution in [0.15, 0.2) is 54.6 Å². The van der Waals surface area contributed by atoms with Gasteiger partial charge in [-0.1, -0.05) is 55.5 Å². The molecule has 0 saturated heterocycles. The van der Waals surface area contributed by atoms with Gasteiger partial charge >= 0.3 is 0 Å². The van der Waals surface area contributed by atoms with Crippen LogP contribution in [-0.2, 0) is 0 Å². The summed E-state index contributed by atoms with van der Waals surface area (Å²) in [6, 6.07) is 17.9. The van der Waals surface area contributed by atoms with Gasteiger partial charge in [-0.2, -0.15) is 0 Å². The zero-order valence-corrected chi connectivity index (χ0v) is 12.4. The second kappa shape index (κ2) is 6.40. The first-order valence-electron chi connectivity index (χ1n) is 7.84. The van der Waals surface area contributed by atoms with Crippen molar-refractivity contribution in [3.8, 4) is 0 Å². The molecule has 2 aromatic rings. The molecule has 1 nitrogen and oxygen atoms in total. The Hall–Kier alpha value is -1.67. The molecule has 0 bridgehead atoms. The van der Waals surface area contributed by atoms with Crippen LogP contribution in [0.25, 0.3) is 0 Å². The van der Waals surface area contributed by atoms with E-state index in [9.17, 15) is 4.39 Å². The van der Waals surface area contributed by atoms with Gasteiger partial charge < -0.3 is 5.32 Å². The van der Waals surface area contributed by atoms with Gasteiger partial charge in [-0.3, -0.25) is 0 Å². The third-order valence-electron chi connectivity index (χ3n) is 4.35. The third-order valence-corrected chi connectivity index (χ3v) is 4.35. The van der Waals surface area contributed by atoms with Gasteiger partial charge in [0.15, 0.2) is 0 Å². The predicted octanol–water partition coefficient (Wildman–Crippen LogP) is 4.67. The van der Waals surface area contributed by atoms with Crippen LogP contribution in [0, 0.1) is 11.7 Å². The molecule has 0 aromatic heterocycles. The summed E-state index contributed by atoms with van der Waals surface area (Å²) in [6.45, 7) is 3.07. The predicted molar refractivity (Wildman–Crippen MR) is 84.7 cm³/mol. The Balaban J connectivity index is 1.80. The van der Waals surface area contributed by atoms with Gasteiger partial charge in [-0.25, -0.2) is 4.39 Å². The van der Waals surface area contributed by atoms with Crippen molar-refractivity contribution in [2.45, 2.75) is 31.7 Å². The average Bonchev–Trinajstić information content (AvgIpc) is 3.31. The minimum Gasteiger partial charge on any atom is -0.310 e. The molecule has 0 radical (unpaired) electrons. The summed E-state index contributed by atoms with van der Waals surface area (Å²) in [5.41, 5.74) is 2.19. The van der Waals surface area contributed by atoms with E-state index >= 15 is 0 Å². The highest BCUT2D eigenvalue weighted by atomic mass is 19.1. The maximum Gasteiger partial charge on any atom is 0.127 e. The normalized spacial score (nSPS) is 22.0. The zero-order chi connectivity index (χ0) is 14.7. The molecular weight excluding hydrogens is 261 g/mol. The number of hydrogen-bond donors (Lipinski definition) is 1. The van der Waals surface area contributed by atoms with Crippen molar-refractivity contribution in [2.24, 2.45) is 5.92 Å². The molecule has 1 aliphatic rings. The standard InChI is InChI=1S/C19H22FN/c1-2-12-21-19(15-10-6-7-11-18(15)20)17-13-16(17)14-8-4-3-5-9-14/h3-11,16-17,19,21H,2,12-13H2,1H3. The lowest BCUT2D eigenvalue weighted by Crippen LogP contribution is -2.25. The average molecular weight is 283 g/mol. The van der Waals surface area contributed by atoms with Gasteiger partial charge in [-0.15, -0.1) is 0 Å². The van der Waals surface area contributed by atoms with E-state index in [1.165, 1.54) is 5.56 Å². The number of nitrogens with one attached hydrogen (secondary N) is 1. The van der Waals surface area contributed by atoms with Crippen molar-refractivity contribution in [3.05, 3.63) is 71.5 Å². The van der Waals surface area contributed by atoms with E-state index in [0.29, 0.717) is 11.8 Å². The van der Waals surface area contributed by atoms with Gasteiger partial charge in [0, 0.05) is 11.6 Å². The van der Waals surface area contributed by atoms with Gasteiger partial charge in [0.1, 0.15) is 5.82 Å². The monoisotopic (exact) mass is 283 g/mol. The van der Waals surface area contributed by atoms with E-state index in [0.717, 1.165) is 24.9 Å². The lowest BCUT2D eigenvalue weighted by Gasteiger charge is -2.20. The fraction of sp³-hybridized carbons (Fsp3) is 0.368. The van der Waals surface area contributed by atoms with Crippen LogP contribution in [0.5, 0.6) is 0 Å². The molecule has 1 N–H and O–H groups in total. The summed E-state index contributed by atoms with van der Waals surface area (Å²) in [7, 11) is 0. The maximum atomic E-state index is 14.1. The topological polar surface area (TPSA) is 12.0 Å². The first-order chi connectivity index (χ1) is 10.3. The molecule has 1 saturated carbocycles. The van der Waals surface area contributed by atoms with E-state index in [4.69, 9.17) is 0 Å². The molecule has 1 fully saturated rings. The van der Waals surface area contributed by atoms with Crippen molar-refractivity contribution < 1.29 is 4.39 Å². The lowest BCUT2D eigenvalue weighted by atomic mass is 9.98. The summed E-state index contributed by atoms with van der Waals surface area (Å²) >= 11 is 0. The molecule has 110 valence electrons. The minimum atomic E-state index is -0.0928. The Morgan fingerprint density at radius 3 is 2.52 bits per heavy atom. The zero-order valence-electron chi connectivity index (χ0n) is 12.4. The first-order valence-corrected chi connectivity index (χ1v) is 7.84. The fourth-order valence-electron chi connectivity index (χ4n) is 3.19. The molecule has 2 heteroatoms. The lowest BCUT2D eigenvalue weighted by molar-refractivity contribution is 0.451. The van der Waals surface area contributed by atoms with Crippen molar-refractivity contribution >= 4 is 0 Å². The van der Waals surface area contributed by atoms with Crippen molar-refractivity contribution in [1.29, 1.82) is 0 Å². The Morgan fingerprint density at radius 1 is 1.10 bits per heavy atom. The van der Waals surface area contributed by atoms with E-state index in [2.05, 4.69) is 36.5 Å². The van der Waals surface area contributed by atoms with Crippen LogP contribution in [0.3, 0.4) is 0 Å². The van der Waals surface area contributed by atoms with E-state index < -0.39 is 0 Å². The first kappa shape index (κ1) is 14.3. The highest BCUT2D eigenvalue weighted by Crippen LogP contribution is 2.54. The van der Waals surface area contributed by atoms with Gasteiger partial charge in [0.2, 0.25) is 0 Å². The van der Waals surface area contributed by atoms with E-state index in [-0.39, 0.29) is 11.9 Å². The number of halogens is 1. The van der Waals surface area contributed by atoms with Crippen molar-refractivity contribution in [3.63, 3.8) is 0 Å². The summed E-state index contributed by atoms with van der Waals surface area (Å²) < 4.78 is 14.1. The van der Waals surface area contributed by atoms with Crippen LogP contribution >= 0.6 is 0 Å². The molecule has 0 amide bonds. The van der Waals surface area contributed by atoms with Crippen LogP contribution in [0.2, 0.25) is 0 Å². The molecule has 3 rings (SSSR count). The van der Waals surface area contributed by atoms with Crippen LogP contribution in [0.4, 0.5) is 4.39 Å². The Kier molecular flexibility index (Phi) is 4.35. The molecule has 3 unspecified atom stereocenters. The third kappa shape index (κ3) is 3.16. The highest BCUT2D eigenvalue weighted by molar-refractivity contribution is 5.31. The summed E-state index contributed by atoms with van der Waals surface area (Å²) in [5.74, 6) is 0.959. The molecule has 2 aromatic carbocycles. The maximum absolute atomic E-state index is 14.1. The fourth-order valence-corrected chi connectivity index (χ4v) is 3.19. The van der Waals surface area contributed by atoms with Crippen LogP contribution in [-0.4, -0.2) is 6.54 Å². The molecular formula is C19H22FN. The van der Waals surface area contributed by atoms with E-state index in [1.807, 2.05) is 18.2 Å². The van der Waals surface area contributed by atoms with E-state index in [1.54, 1.807) is 12.1 Å². The Bertz CT molecular complexity index is 581. The van der Waals surface area contributed by atoms with Gasteiger partial charge in [0.25, 0.3) is 0 Å². The molecule has 0 aliphatic heterocycles. The number of benzene rings is 2. The van der Waals surface area contributed by atoms with Crippen molar-refractivity contribution in [2.75, 3.05) is 6.54 Å². The number of hydrogen-bond acceptors (Lipinski definition) is 1. The number of rotatable bonds is 6. The molecule has 0 spiro atoms. The molecule has 0 heterocycles. The highest BCUT2D eigenvalue weighted by Gasteiger charge is 2.44. The largest absolute Gasteiger partial charge is 0.310 e. The van der Waals surface area contributed by atoms with Crippen LogP contribution in [0.1, 0.15) is 42.9 Å². The second-order valence-corrected chi connectivity index (χ2v) is 5.87. The quantitative estimate of drug-likeness (QED) is 0.812. The SMILES string of the molecule is CCCNC(c1ccccc1F)C1CC1c1ccccc1. The summed E-state index contributed by atoms with van der Waals surface area (Å²) in [4.78, 5) is 0. The summed E-state index contributed by atoms with van der Waals surface area (Å²) in [5, 5.41) is 3.55. The second-order valence-electron chi connectivity index (χ2n) is 5.87.